The number of carbonyl (C=O) groups excluding carboxylic acids is 1. The number of amides is 1. The minimum atomic E-state index is -2.61. The Balaban J connectivity index is 1.76. The lowest BCUT2D eigenvalue weighted by molar-refractivity contribution is -0.120. The van der Waals surface area contributed by atoms with Crippen molar-refractivity contribution < 1.29 is 18.3 Å². The highest BCUT2D eigenvalue weighted by Crippen LogP contribution is 2.37. The molecule has 1 atom stereocenters. The quantitative estimate of drug-likeness (QED) is 0.629. The molecule has 1 amide bonds. The van der Waals surface area contributed by atoms with E-state index in [-0.39, 0.29) is 29.8 Å². The molecule has 0 saturated carbocycles. The minimum absolute atomic E-state index is 0.0247. The van der Waals surface area contributed by atoms with Crippen LogP contribution in [-0.4, -0.2) is 29.5 Å². The van der Waals surface area contributed by atoms with Gasteiger partial charge in [-0.25, -0.2) is 18.7 Å². The number of hydrogen-bond acceptors (Lipinski definition) is 6. The van der Waals surface area contributed by atoms with Crippen LogP contribution in [0.5, 0.6) is 5.75 Å². The van der Waals surface area contributed by atoms with Gasteiger partial charge in [0, 0.05) is 29.8 Å². The van der Waals surface area contributed by atoms with Crippen LogP contribution in [0.15, 0.2) is 30.3 Å². The van der Waals surface area contributed by atoms with E-state index in [1.54, 1.807) is 32.2 Å². The normalized spacial score (nSPS) is 14.6. The molecule has 9 heteroatoms. The van der Waals surface area contributed by atoms with E-state index in [1.165, 1.54) is 17.0 Å². The zero-order valence-corrected chi connectivity index (χ0v) is 16.7. The average Bonchev–Trinajstić information content (AvgIpc) is 2.69. The maximum Gasteiger partial charge on any atom is 0.264 e. The molecule has 2 heterocycles. The number of carbonyl (C=O) groups is 1. The molecular formula is C21H21F2N5O2. The summed E-state index contributed by atoms with van der Waals surface area (Å²) >= 11 is 0. The lowest BCUT2D eigenvalue weighted by atomic mass is 10.0. The van der Waals surface area contributed by atoms with E-state index >= 15 is 0 Å². The summed E-state index contributed by atoms with van der Waals surface area (Å²) < 4.78 is 31.9. The number of likely N-dealkylation sites (N-methyl/N-ethyl adjacent to an activating group) is 1. The maximum absolute atomic E-state index is 13.2. The van der Waals surface area contributed by atoms with Gasteiger partial charge in [0.05, 0.1) is 17.2 Å². The van der Waals surface area contributed by atoms with Crippen LogP contribution in [0.25, 0.3) is 10.9 Å². The van der Waals surface area contributed by atoms with Gasteiger partial charge in [-0.1, -0.05) is 0 Å². The molecule has 2 aromatic carbocycles. The van der Waals surface area contributed by atoms with Crippen LogP contribution in [-0.2, 0) is 4.79 Å². The number of hydrogen-bond donors (Lipinski definition) is 2. The predicted molar refractivity (Wildman–Crippen MR) is 111 cm³/mol. The molecule has 0 fully saturated rings. The number of anilines is 3. The van der Waals surface area contributed by atoms with E-state index in [0.717, 1.165) is 0 Å². The number of fused-ring (bicyclic) bond motifs is 2. The summed E-state index contributed by atoms with van der Waals surface area (Å²) in [6, 6.07) is 7.56. The number of benzene rings is 2. The highest BCUT2D eigenvalue weighted by Gasteiger charge is 2.24. The van der Waals surface area contributed by atoms with Crippen molar-refractivity contribution in [3.8, 4) is 5.75 Å². The van der Waals surface area contributed by atoms with Gasteiger partial charge in [0.15, 0.2) is 6.61 Å². The summed E-state index contributed by atoms with van der Waals surface area (Å²) in [6.45, 7) is 3.58. The van der Waals surface area contributed by atoms with Gasteiger partial charge >= 0.3 is 0 Å². The summed E-state index contributed by atoms with van der Waals surface area (Å²) in [5, 5.41) is 3.96. The first kappa shape index (κ1) is 19.8. The Morgan fingerprint density at radius 2 is 1.90 bits per heavy atom. The van der Waals surface area contributed by atoms with Crippen molar-refractivity contribution in [3.05, 3.63) is 47.3 Å². The summed E-state index contributed by atoms with van der Waals surface area (Å²) in [5.74, 6) is 1.48. The molecule has 1 aliphatic rings. The first-order valence-electron chi connectivity index (χ1n) is 9.39. The molecular weight excluding hydrogens is 392 g/mol. The van der Waals surface area contributed by atoms with E-state index < -0.39 is 6.43 Å². The van der Waals surface area contributed by atoms with Crippen LogP contribution >= 0.6 is 0 Å². The Labute approximate surface area is 171 Å². The van der Waals surface area contributed by atoms with Gasteiger partial charge in [0.2, 0.25) is 0 Å². The van der Waals surface area contributed by atoms with Crippen LogP contribution in [0.3, 0.4) is 0 Å². The number of nitrogens with one attached hydrogen (secondary N) is 1. The molecule has 30 heavy (non-hydrogen) atoms. The van der Waals surface area contributed by atoms with Gasteiger partial charge in [-0.05, 0) is 43.7 Å². The number of nitrogen functional groups attached to an aromatic ring is 1. The fourth-order valence-electron chi connectivity index (χ4n) is 3.49. The smallest absolute Gasteiger partial charge is 0.264 e. The maximum atomic E-state index is 13.2. The van der Waals surface area contributed by atoms with E-state index in [1.807, 2.05) is 6.92 Å². The number of aryl methyl sites for hydroxylation is 1. The average molecular weight is 413 g/mol. The van der Waals surface area contributed by atoms with E-state index in [9.17, 15) is 13.6 Å². The first-order valence-corrected chi connectivity index (χ1v) is 9.39. The highest BCUT2D eigenvalue weighted by molar-refractivity contribution is 6.02. The molecule has 1 unspecified atom stereocenters. The molecule has 0 spiro atoms. The number of halogens is 2. The number of rotatable bonds is 4. The summed E-state index contributed by atoms with van der Waals surface area (Å²) in [7, 11) is 1.68. The molecule has 3 aromatic rings. The van der Waals surface area contributed by atoms with Gasteiger partial charge in [-0.15, -0.1) is 0 Å². The summed E-state index contributed by atoms with van der Waals surface area (Å²) in [5.41, 5.74) is 7.83. The summed E-state index contributed by atoms with van der Waals surface area (Å²) in [4.78, 5) is 22.5. The second kappa shape index (κ2) is 7.40. The van der Waals surface area contributed by atoms with Crippen molar-refractivity contribution in [2.75, 3.05) is 29.6 Å². The highest BCUT2D eigenvalue weighted by atomic mass is 19.3. The molecule has 1 aliphatic heterocycles. The summed E-state index contributed by atoms with van der Waals surface area (Å²) in [6.07, 6.45) is -2.61. The Morgan fingerprint density at radius 3 is 2.63 bits per heavy atom. The molecule has 0 aliphatic carbocycles. The monoisotopic (exact) mass is 413 g/mol. The zero-order valence-electron chi connectivity index (χ0n) is 16.7. The predicted octanol–water partition coefficient (Wildman–Crippen LogP) is 3.99. The number of nitrogens with two attached hydrogens (primary N) is 1. The molecule has 1 aromatic heterocycles. The van der Waals surface area contributed by atoms with Crippen LogP contribution in [0, 0.1) is 6.92 Å². The third kappa shape index (κ3) is 3.58. The number of aromatic nitrogens is 2. The van der Waals surface area contributed by atoms with E-state index in [2.05, 4.69) is 15.3 Å². The Kier molecular flexibility index (Phi) is 4.89. The fraction of sp³-hybridized carbons (Fsp3) is 0.286. The topological polar surface area (TPSA) is 93.4 Å². The van der Waals surface area contributed by atoms with Crippen molar-refractivity contribution in [2.45, 2.75) is 26.3 Å². The molecule has 0 radical (unpaired) electrons. The largest absolute Gasteiger partial charge is 0.481 e. The minimum Gasteiger partial charge on any atom is -0.481 e. The second-order valence-corrected chi connectivity index (χ2v) is 7.30. The molecule has 3 N–H and O–H groups in total. The van der Waals surface area contributed by atoms with Crippen LogP contribution in [0.2, 0.25) is 0 Å². The van der Waals surface area contributed by atoms with Crippen molar-refractivity contribution >= 4 is 34.0 Å². The number of ether oxygens (including phenoxy) is 1. The first-order chi connectivity index (χ1) is 14.2. The van der Waals surface area contributed by atoms with E-state index in [0.29, 0.717) is 39.5 Å². The molecule has 156 valence electrons. The van der Waals surface area contributed by atoms with Crippen LogP contribution in [0.4, 0.5) is 26.0 Å². The lowest BCUT2D eigenvalue weighted by Crippen LogP contribution is -2.35. The molecule has 4 rings (SSSR count). The molecule has 7 nitrogen and oxygen atoms in total. The lowest BCUT2D eigenvalue weighted by Gasteiger charge is -2.26. The standard InChI is InChI=1S/C21H21F2N5O2/c1-10(12-4-13(20(22)23)6-14(24)5-12)25-21-15-7-17-18(30-9-19(29)28(17)3)8-16(15)26-11(2)27-21/h4-8,10,20H,9,24H2,1-3H3,(H,25,26,27). The number of nitrogens with zero attached hydrogens (tertiary/aromatic N) is 3. The SMILES string of the molecule is Cc1nc(NC(C)c2cc(N)cc(C(F)F)c2)c2cc3c(cc2n1)OCC(=O)N3C. The fourth-order valence-corrected chi connectivity index (χ4v) is 3.49. The third-order valence-corrected chi connectivity index (χ3v) is 5.08. The molecule has 0 saturated heterocycles. The second-order valence-electron chi connectivity index (χ2n) is 7.30. The zero-order chi connectivity index (χ0) is 21.6. The van der Waals surface area contributed by atoms with Gasteiger partial charge < -0.3 is 20.7 Å². The van der Waals surface area contributed by atoms with Gasteiger partial charge in [0.25, 0.3) is 12.3 Å². The van der Waals surface area contributed by atoms with Gasteiger partial charge in [-0.3, -0.25) is 4.79 Å². The Morgan fingerprint density at radius 1 is 1.17 bits per heavy atom. The van der Waals surface area contributed by atoms with Crippen molar-refractivity contribution in [1.82, 2.24) is 9.97 Å². The Bertz CT molecular complexity index is 1150. The third-order valence-electron chi connectivity index (χ3n) is 5.08. The van der Waals surface area contributed by atoms with Gasteiger partial charge in [0.1, 0.15) is 17.4 Å². The van der Waals surface area contributed by atoms with Crippen molar-refractivity contribution in [2.24, 2.45) is 0 Å². The van der Waals surface area contributed by atoms with Crippen molar-refractivity contribution in [3.63, 3.8) is 0 Å². The van der Waals surface area contributed by atoms with Crippen LogP contribution < -0.4 is 20.7 Å². The van der Waals surface area contributed by atoms with Crippen LogP contribution in [0.1, 0.15) is 36.3 Å². The Hall–Kier alpha value is -3.49. The van der Waals surface area contributed by atoms with Gasteiger partial charge in [-0.2, -0.15) is 0 Å². The molecule has 0 bridgehead atoms. The number of alkyl halides is 2. The van der Waals surface area contributed by atoms with E-state index in [4.69, 9.17) is 10.5 Å². The van der Waals surface area contributed by atoms with Crippen molar-refractivity contribution in [1.29, 1.82) is 0 Å².